The van der Waals surface area contributed by atoms with Gasteiger partial charge in [0.2, 0.25) is 5.91 Å². The predicted molar refractivity (Wildman–Crippen MR) is 80.8 cm³/mol. The second-order valence-electron chi connectivity index (χ2n) is 5.50. The molecule has 1 N–H and O–H groups in total. The average molecular weight is 269 g/mol. The first-order valence-electron chi connectivity index (χ1n) is 7.08. The van der Waals surface area contributed by atoms with Gasteiger partial charge in [-0.15, -0.1) is 0 Å². The van der Waals surface area contributed by atoms with Gasteiger partial charge in [0, 0.05) is 24.2 Å². The molecule has 2 aromatic rings. The lowest BCUT2D eigenvalue weighted by Crippen LogP contribution is -2.41. The number of benzene rings is 1. The van der Waals surface area contributed by atoms with Crippen molar-refractivity contribution in [3.63, 3.8) is 0 Å². The zero-order valence-corrected chi connectivity index (χ0v) is 11.8. The Kier molecular flexibility index (Phi) is 3.40. The van der Waals surface area contributed by atoms with Crippen molar-refractivity contribution >= 4 is 22.5 Å². The van der Waals surface area contributed by atoms with Crippen LogP contribution in [0, 0.1) is 0 Å². The minimum absolute atomic E-state index is 0.0750. The van der Waals surface area contributed by atoms with E-state index in [2.05, 4.69) is 24.1 Å². The van der Waals surface area contributed by atoms with E-state index in [4.69, 9.17) is 0 Å². The molecule has 1 atom stereocenters. The Hall–Kier alpha value is -1.94. The number of carbonyl (C=O) groups excluding carboxylic acids is 1. The van der Waals surface area contributed by atoms with E-state index in [0.29, 0.717) is 6.04 Å². The maximum atomic E-state index is 12.5. The highest BCUT2D eigenvalue weighted by Crippen LogP contribution is 2.28. The minimum atomic E-state index is -0.0750. The monoisotopic (exact) mass is 269 g/mol. The van der Waals surface area contributed by atoms with Gasteiger partial charge in [-0.2, -0.15) is 0 Å². The zero-order chi connectivity index (χ0) is 14.1. The van der Waals surface area contributed by atoms with E-state index in [0.717, 1.165) is 29.6 Å². The van der Waals surface area contributed by atoms with Crippen molar-refractivity contribution in [1.29, 1.82) is 0 Å². The molecular formula is C16H19N3O. The fourth-order valence-corrected chi connectivity index (χ4v) is 2.78. The molecule has 1 fully saturated rings. The van der Waals surface area contributed by atoms with Gasteiger partial charge >= 0.3 is 0 Å². The van der Waals surface area contributed by atoms with E-state index < -0.39 is 0 Å². The Labute approximate surface area is 118 Å². The second kappa shape index (κ2) is 5.21. The quantitative estimate of drug-likeness (QED) is 0.930. The van der Waals surface area contributed by atoms with Crippen LogP contribution in [0.1, 0.15) is 20.3 Å². The molecule has 0 saturated carbocycles. The average Bonchev–Trinajstić information content (AvgIpc) is 2.79. The molecule has 104 valence electrons. The molecule has 1 aliphatic heterocycles. The van der Waals surface area contributed by atoms with Crippen LogP contribution in [-0.4, -0.2) is 29.5 Å². The molecule has 1 aliphatic rings. The first kappa shape index (κ1) is 13.1. The number of anilines is 1. The zero-order valence-electron chi connectivity index (χ0n) is 11.8. The summed E-state index contributed by atoms with van der Waals surface area (Å²) in [7, 11) is 0. The van der Waals surface area contributed by atoms with Gasteiger partial charge in [-0.25, -0.2) is 0 Å². The third-order valence-corrected chi connectivity index (χ3v) is 3.64. The Morgan fingerprint density at radius 3 is 2.90 bits per heavy atom. The lowest BCUT2D eigenvalue weighted by atomic mass is 10.2. The normalized spacial score (nSPS) is 19.2. The Morgan fingerprint density at radius 1 is 1.30 bits per heavy atom. The lowest BCUT2D eigenvalue weighted by molar-refractivity contribution is -0.118. The topological polar surface area (TPSA) is 45.2 Å². The highest BCUT2D eigenvalue weighted by atomic mass is 16.2. The molecule has 1 saturated heterocycles. The number of nitrogens with one attached hydrogen (secondary N) is 1. The first-order chi connectivity index (χ1) is 9.66. The number of pyridine rings is 1. The fourth-order valence-electron chi connectivity index (χ4n) is 2.78. The smallest absolute Gasteiger partial charge is 0.244 e. The third kappa shape index (κ3) is 2.27. The summed E-state index contributed by atoms with van der Waals surface area (Å²) in [5.74, 6) is 0.150. The molecule has 2 heterocycles. The Bertz CT molecular complexity index is 633. The van der Waals surface area contributed by atoms with Crippen molar-refractivity contribution in [3.8, 4) is 0 Å². The first-order valence-corrected chi connectivity index (χ1v) is 7.08. The highest BCUT2D eigenvalue weighted by molar-refractivity contribution is 6.05. The summed E-state index contributed by atoms with van der Waals surface area (Å²) in [5, 5.41) is 4.40. The van der Waals surface area contributed by atoms with E-state index in [1.54, 1.807) is 6.20 Å². The van der Waals surface area contributed by atoms with Crippen LogP contribution in [0.4, 0.5) is 5.69 Å². The van der Waals surface area contributed by atoms with E-state index in [9.17, 15) is 4.79 Å². The second-order valence-corrected chi connectivity index (χ2v) is 5.50. The lowest BCUT2D eigenvalue weighted by Gasteiger charge is -2.19. The van der Waals surface area contributed by atoms with Crippen LogP contribution in [0.2, 0.25) is 0 Å². The van der Waals surface area contributed by atoms with Crippen LogP contribution in [0.5, 0.6) is 0 Å². The molecule has 4 nitrogen and oxygen atoms in total. The number of aromatic nitrogens is 1. The molecule has 0 aliphatic carbocycles. The Balaban J connectivity index is 1.94. The number of amides is 1. The van der Waals surface area contributed by atoms with E-state index in [-0.39, 0.29) is 11.9 Å². The van der Waals surface area contributed by atoms with E-state index >= 15 is 0 Å². The minimum Gasteiger partial charge on any atom is -0.309 e. The number of para-hydroxylation sites is 1. The number of nitrogens with zero attached hydrogens (tertiary/aromatic N) is 2. The van der Waals surface area contributed by atoms with Crippen molar-refractivity contribution in [2.45, 2.75) is 32.4 Å². The van der Waals surface area contributed by atoms with Gasteiger partial charge in [-0.1, -0.05) is 32.0 Å². The predicted octanol–water partition coefficient (Wildman–Crippen LogP) is 2.34. The summed E-state index contributed by atoms with van der Waals surface area (Å²) in [4.78, 5) is 18.8. The van der Waals surface area contributed by atoms with Crippen LogP contribution in [0.15, 0.2) is 36.5 Å². The number of fused-ring (bicyclic) bond motifs is 1. The van der Waals surface area contributed by atoms with Crippen molar-refractivity contribution in [1.82, 2.24) is 10.3 Å². The van der Waals surface area contributed by atoms with Crippen LogP contribution >= 0.6 is 0 Å². The van der Waals surface area contributed by atoms with E-state index in [1.165, 1.54) is 0 Å². The molecule has 4 heteroatoms. The summed E-state index contributed by atoms with van der Waals surface area (Å²) in [6, 6.07) is 10.2. The molecule has 1 aromatic heterocycles. The number of hydrogen-bond donors (Lipinski definition) is 1. The Morgan fingerprint density at radius 2 is 2.10 bits per heavy atom. The number of rotatable bonds is 3. The molecule has 1 unspecified atom stereocenters. The maximum Gasteiger partial charge on any atom is 0.244 e. The van der Waals surface area contributed by atoms with Crippen molar-refractivity contribution in [2.75, 3.05) is 11.4 Å². The van der Waals surface area contributed by atoms with E-state index in [1.807, 2.05) is 35.2 Å². The van der Waals surface area contributed by atoms with Crippen LogP contribution in [-0.2, 0) is 4.79 Å². The summed E-state index contributed by atoms with van der Waals surface area (Å²) in [5.41, 5.74) is 1.81. The van der Waals surface area contributed by atoms with Crippen LogP contribution in [0.25, 0.3) is 10.9 Å². The molecule has 0 bridgehead atoms. The molecule has 3 rings (SSSR count). The van der Waals surface area contributed by atoms with Crippen LogP contribution in [0.3, 0.4) is 0 Å². The highest BCUT2D eigenvalue weighted by Gasteiger charge is 2.33. The number of hydrogen-bond acceptors (Lipinski definition) is 3. The molecule has 0 radical (unpaired) electrons. The number of carbonyl (C=O) groups is 1. The summed E-state index contributed by atoms with van der Waals surface area (Å²) >= 11 is 0. The van der Waals surface area contributed by atoms with Gasteiger partial charge in [0.15, 0.2) is 0 Å². The van der Waals surface area contributed by atoms with Gasteiger partial charge < -0.3 is 10.2 Å². The fraction of sp³-hybridized carbons (Fsp3) is 0.375. The van der Waals surface area contributed by atoms with Gasteiger partial charge in [-0.05, 0) is 18.6 Å². The molecule has 1 aromatic carbocycles. The van der Waals surface area contributed by atoms with Gasteiger partial charge in [0.25, 0.3) is 0 Å². The molecule has 20 heavy (non-hydrogen) atoms. The molecule has 1 amide bonds. The maximum absolute atomic E-state index is 12.5. The largest absolute Gasteiger partial charge is 0.309 e. The SMILES string of the molecule is CC(C)NC1CCN(c2cccc3cccnc23)C1=O. The van der Waals surface area contributed by atoms with Gasteiger partial charge in [0.1, 0.15) is 0 Å². The summed E-state index contributed by atoms with van der Waals surface area (Å²) < 4.78 is 0. The summed E-state index contributed by atoms with van der Waals surface area (Å²) in [6.45, 7) is 4.88. The van der Waals surface area contributed by atoms with Gasteiger partial charge in [0.05, 0.1) is 17.2 Å². The third-order valence-electron chi connectivity index (χ3n) is 3.64. The van der Waals surface area contributed by atoms with Crippen molar-refractivity contribution in [3.05, 3.63) is 36.5 Å². The van der Waals surface area contributed by atoms with Crippen molar-refractivity contribution in [2.24, 2.45) is 0 Å². The molecule has 0 spiro atoms. The van der Waals surface area contributed by atoms with Gasteiger partial charge in [-0.3, -0.25) is 9.78 Å². The summed E-state index contributed by atoms with van der Waals surface area (Å²) in [6.07, 6.45) is 2.62. The molecular weight excluding hydrogens is 250 g/mol. The standard InChI is InChI=1S/C16H19N3O/c1-11(2)18-13-8-10-19(16(13)20)14-7-3-5-12-6-4-9-17-15(12)14/h3-7,9,11,13,18H,8,10H2,1-2H3. The van der Waals surface area contributed by atoms with Crippen molar-refractivity contribution < 1.29 is 4.79 Å². The van der Waals surface area contributed by atoms with Crippen LogP contribution < -0.4 is 10.2 Å².